The summed E-state index contributed by atoms with van der Waals surface area (Å²) >= 11 is 0. The van der Waals surface area contributed by atoms with E-state index in [0.29, 0.717) is 11.7 Å². The number of nitrogens with two attached hydrogens (primary N) is 1. The highest BCUT2D eigenvalue weighted by atomic mass is 15.1. The highest BCUT2D eigenvalue weighted by Gasteiger charge is 2.10. The van der Waals surface area contributed by atoms with Gasteiger partial charge in [-0.25, -0.2) is 4.98 Å². The molecular formula is C20H24N6. The van der Waals surface area contributed by atoms with Gasteiger partial charge in [0.25, 0.3) is 0 Å². The molecule has 0 bridgehead atoms. The van der Waals surface area contributed by atoms with Crippen molar-refractivity contribution in [1.29, 1.82) is 0 Å². The Bertz CT molecular complexity index is 1040. The molecule has 6 heteroatoms. The molecule has 0 aliphatic rings. The molecule has 0 fully saturated rings. The van der Waals surface area contributed by atoms with Gasteiger partial charge in [0.05, 0.1) is 5.52 Å². The third-order valence-electron chi connectivity index (χ3n) is 4.70. The monoisotopic (exact) mass is 348 g/mol. The second-order valence-corrected chi connectivity index (χ2v) is 7.14. The molecule has 0 saturated carbocycles. The van der Waals surface area contributed by atoms with Gasteiger partial charge in [0.15, 0.2) is 5.82 Å². The minimum atomic E-state index is 0.524. The number of hydrogen-bond donors (Lipinski definition) is 4. The predicted octanol–water partition coefficient (Wildman–Crippen LogP) is 3.82. The van der Waals surface area contributed by atoms with Crippen molar-refractivity contribution in [1.82, 2.24) is 25.5 Å². The maximum Gasteiger partial charge on any atom is 0.153 e. The van der Waals surface area contributed by atoms with E-state index in [1.807, 2.05) is 18.3 Å². The molecule has 0 atom stereocenters. The van der Waals surface area contributed by atoms with Crippen LogP contribution in [-0.4, -0.2) is 26.7 Å². The van der Waals surface area contributed by atoms with Crippen LogP contribution in [0, 0.1) is 5.92 Å². The first-order valence-electron chi connectivity index (χ1n) is 9.03. The fourth-order valence-electron chi connectivity index (χ4n) is 3.24. The number of nitrogens with zero attached hydrogens (tertiary/aromatic N) is 2. The van der Waals surface area contributed by atoms with Crippen LogP contribution in [0.1, 0.15) is 26.0 Å². The van der Waals surface area contributed by atoms with Gasteiger partial charge in [-0.1, -0.05) is 19.9 Å². The van der Waals surface area contributed by atoms with Gasteiger partial charge in [-0.3, -0.25) is 5.10 Å². The largest absolute Gasteiger partial charge is 0.382 e. The van der Waals surface area contributed by atoms with Crippen LogP contribution in [0.15, 0.2) is 36.5 Å². The van der Waals surface area contributed by atoms with E-state index in [2.05, 4.69) is 57.5 Å². The van der Waals surface area contributed by atoms with Crippen molar-refractivity contribution in [2.75, 3.05) is 12.3 Å². The Morgan fingerprint density at radius 1 is 1.15 bits per heavy atom. The number of nitrogens with one attached hydrogen (secondary N) is 3. The van der Waals surface area contributed by atoms with Gasteiger partial charge in [0.2, 0.25) is 0 Å². The number of benzene rings is 1. The van der Waals surface area contributed by atoms with Crippen LogP contribution in [0.5, 0.6) is 0 Å². The van der Waals surface area contributed by atoms with Gasteiger partial charge in [0.1, 0.15) is 5.65 Å². The number of aromatic nitrogens is 4. The Morgan fingerprint density at radius 3 is 2.88 bits per heavy atom. The van der Waals surface area contributed by atoms with Crippen LogP contribution in [-0.2, 0) is 6.54 Å². The van der Waals surface area contributed by atoms with E-state index in [4.69, 9.17) is 5.73 Å². The lowest BCUT2D eigenvalue weighted by Gasteiger charge is -2.05. The summed E-state index contributed by atoms with van der Waals surface area (Å²) in [6.45, 7) is 6.31. The summed E-state index contributed by atoms with van der Waals surface area (Å²) in [6.07, 6.45) is 3.02. The normalized spacial score (nSPS) is 11.8. The fraction of sp³-hybridized carbons (Fsp3) is 0.300. The Hall–Kier alpha value is -2.86. The molecule has 0 radical (unpaired) electrons. The smallest absolute Gasteiger partial charge is 0.153 e. The van der Waals surface area contributed by atoms with Crippen LogP contribution in [0.2, 0.25) is 0 Å². The lowest BCUT2D eigenvalue weighted by Crippen LogP contribution is -2.16. The molecule has 5 N–H and O–H groups in total. The third-order valence-corrected chi connectivity index (χ3v) is 4.70. The van der Waals surface area contributed by atoms with Gasteiger partial charge >= 0.3 is 0 Å². The molecule has 0 unspecified atom stereocenters. The first kappa shape index (κ1) is 16.6. The Labute approximate surface area is 152 Å². The van der Waals surface area contributed by atoms with E-state index in [1.54, 1.807) is 0 Å². The predicted molar refractivity (Wildman–Crippen MR) is 107 cm³/mol. The van der Waals surface area contributed by atoms with Crippen molar-refractivity contribution in [2.45, 2.75) is 26.8 Å². The van der Waals surface area contributed by atoms with E-state index in [0.717, 1.165) is 51.8 Å². The lowest BCUT2D eigenvalue weighted by atomic mass is 10.0. The number of H-pyrrole nitrogens is 2. The molecule has 3 aromatic heterocycles. The molecule has 0 amide bonds. The molecule has 4 aromatic rings. The van der Waals surface area contributed by atoms with Gasteiger partial charge < -0.3 is 16.0 Å². The van der Waals surface area contributed by atoms with Gasteiger partial charge in [-0.05, 0) is 54.3 Å². The molecule has 4 rings (SSSR count). The summed E-state index contributed by atoms with van der Waals surface area (Å²) in [5.41, 5.74) is 11.2. The Kier molecular flexibility index (Phi) is 4.34. The van der Waals surface area contributed by atoms with Crippen LogP contribution < -0.4 is 11.1 Å². The molecular weight excluding hydrogens is 324 g/mol. The standard InChI is InChI=1S/C20H24N6/c1-12(2)5-7-22-11-14-10-16-15(6-8-23-20(16)24-14)13-3-4-18-17(9-13)19(21)26-25-18/h3-4,6,8-10,12,22H,5,7,11H2,1-2H3,(H,23,24)(H3,21,25,26). The highest BCUT2D eigenvalue weighted by molar-refractivity contribution is 5.98. The second-order valence-electron chi connectivity index (χ2n) is 7.14. The number of hydrogen-bond acceptors (Lipinski definition) is 4. The summed E-state index contributed by atoms with van der Waals surface area (Å²) in [5, 5.41) is 12.6. The zero-order valence-electron chi connectivity index (χ0n) is 15.1. The van der Waals surface area contributed by atoms with Crippen LogP contribution >= 0.6 is 0 Å². The number of anilines is 1. The molecule has 26 heavy (non-hydrogen) atoms. The molecule has 0 aliphatic heterocycles. The summed E-state index contributed by atoms with van der Waals surface area (Å²) in [7, 11) is 0. The van der Waals surface area contributed by atoms with Crippen molar-refractivity contribution < 1.29 is 0 Å². The number of rotatable bonds is 6. The van der Waals surface area contributed by atoms with E-state index in [-0.39, 0.29) is 0 Å². The maximum absolute atomic E-state index is 5.96. The number of fused-ring (bicyclic) bond motifs is 2. The Balaban J connectivity index is 1.65. The topological polar surface area (TPSA) is 95.4 Å². The van der Waals surface area contributed by atoms with Crippen molar-refractivity contribution >= 4 is 27.8 Å². The van der Waals surface area contributed by atoms with Gasteiger partial charge in [-0.15, -0.1) is 0 Å². The van der Waals surface area contributed by atoms with E-state index in [9.17, 15) is 0 Å². The minimum Gasteiger partial charge on any atom is -0.382 e. The van der Waals surface area contributed by atoms with Crippen molar-refractivity contribution in [3.05, 3.63) is 42.2 Å². The van der Waals surface area contributed by atoms with Crippen molar-refractivity contribution in [3.8, 4) is 11.1 Å². The lowest BCUT2D eigenvalue weighted by molar-refractivity contribution is 0.535. The summed E-state index contributed by atoms with van der Waals surface area (Å²) in [4.78, 5) is 7.91. The number of nitrogen functional groups attached to an aromatic ring is 1. The van der Waals surface area contributed by atoms with Gasteiger partial charge in [-0.2, -0.15) is 5.10 Å². The average Bonchev–Trinajstić information content (AvgIpc) is 3.21. The summed E-state index contributed by atoms with van der Waals surface area (Å²) < 4.78 is 0. The first-order valence-corrected chi connectivity index (χ1v) is 9.03. The molecule has 6 nitrogen and oxygen atoms in total. The van der Waals surface area contributed by atoms with Gasteiger partial charge in [0, 0.05) is 29.2 Å². The Morgan fingerprint density at radius 2 is 2.04 bits per heavy atom. The van der Waals surface area contributed by atoms with Crippen LogP contribution in [0.25, 0.3) is 33.1 Å². The number of aromatic amines is 2. The van der Waals surface area contributed by atoms with E-state index in [1.165, 1.54) is 6.42 Å². The SMILES string of the molecule is CC(C)CCNCc1cc2c(-c3ccc4[nH]nc(N)c4c3)ccnc2[nH]1. The summed E-state index contributed by atoms with van der Waals surface area (Å²) in [5.74, 6) is 1.24. The molecule has 0 spiro atoms. The first-order chi connectivity index (χ1) is 12.6. The molecule has 1 aromatic carbocycles. The maximum atomic E-state index is 5.96. The highest BCUT2D eigenvalue weighted by Crippen LogP contribution is 2.31. The molecule has 134 valence electrons. The van der Waals surface area contributed by atoms with Crippen molar-refractivity contribution in [3.63, 3.8) is 0 Å². The van der Waals surface area contributed by atoms with E-state index >= 15 is 0 Å². The molecule has 0 aliphatic carbocycles. The third kappa shape index (κ3) is 3.15. The molecule has 3 heterocycles. The fourth-order valence-corrected chi connectivity index (χ4v) is 3.24. The van der Waals surface area contributed by atoms with Crippen molar-refractivity contribution in [2.24, 2.45) is 5.92 Å². The zero-order valence-corrected chi connectivity index (χ0v) is 15.1. The van der Waals surface area contributed by atoms with Crippen LogP contribution in [0.3, 0.4) is 0 Å². The summed E-state index contributed by atoms with van der Waals surface area (Å²) in [6, 6.07) is 10.4. The average molecular weight is 348 g/mol. The zero-order chi connectivity index (χ0) is 18.1. The molecule has 0 saturated heterocycles. The quantitative estimate of drug-likeness (QED) is 0.398. The van der Waals surface area contributed by atoms with Crippen LogP contribution in [0.4, 0.5) is 5.82 Å². The van der Waals surface area contributed by atoms with E-state index < -0.39 is 0 Å². The minimum absolute atomic E-state index is 0.524. The second kappa shape index (κ2) is 6.80. The number of pyridine rings is 1.